The lowest BCUT2D eigenvalue weighted by atomic mass is 10.2. The summed E-state index contributed by atoms with van der Waals surface area (Å²) in [6, 6.07) is 6.19. The van der Waals surface area contributed by atoms with E-state index in [-0.39, 0.29) is 11.5 Å². The van der Waals surface area contributed by atoms with Gasteiger partial charge in [0.25, 0.3) is 0 Å². The molecule has 0 amide bonds. The molecule has 0 fully saturated rings. The van der Waals surface area contributed by atoms with Crippen molar-refractivity contribution in [2.24, 2.45) is 0 Å². The van der Waals surface area contributed by atoms with Gasteiger partial charge in [0, 0.05) is 25.2 Å². The molecule has 0 aliphatic carbocycles. The maximum Gasteiger partial charge on any atom is 0.158 e. The van der Waals surface area contributed by atoms with E-state index in [9.17, 15) is 4.39 Å². The molecule has 1 aromatic heterocycles. The van der Waals surface area contributed by atoms with Crippen molar-refractivity contribution in [3.8, 4) is 6.07 Å². The predicted octanol–water partition coefficient (Wildman–Crippen LogP) is 2.79. The number of ether oxygens (including phenoxy) is 1. The van der Waals surface area contributed by atoms with Gasteiger partial charge in [-0.2, -0.15) is 5.26 Å². The first-order valence-electron chi connectivity index (χ1n) is 6.54. The minimum Gasteiger partial charge on any atom is -0.383 e. The largest absolute Gasteiger partial charge is 0.383 e. The van der Waals surface area contributed by atoms with E-state index in [1.54, 1.807) is 13.2 Å². The Morgan fingerprint density at radius 1 is 1.36 bits per heavy atom. The highest BCUT2D eigenvalue weighted by Gasteiger charge is 2.12. The Hall–Kier alpha value is -2.23. The van der Waals surface area contributed by atoms with Gasteiger partial charge in [0.2, 0.25) is 0 Å². The third kappa shape index (κ3) is 4.13. The van der Waals surface area contributed by atoms with Gasteiger partial charge in [-0.1, -0.05) is 17.7 Å². The van der Waals surface area contributed by atoms with Gasteiger partial charge >= 0.3 is 0 Å². The van der Waals surface area contributed by atoms with Gasteiger partial charge in [0.15, 0.2) is 5.69 Å². The average Bonchev–Trinajstić information content (AvgIpc) is 2.53. The van der Waals surface area contributed by atoms with Gasteiger partial charge in [-0.25, -0.2) is 14.4 Å². The maximum atomic E-state index is 13.1. The molecule has 114 valence electrons. The van der Waals surface area contributed by atoms with Crippen LogP contribution in [-0.4, -0.2) is 30.2 Å². The molecule has 2 aromatic rings. The first-order chi connectivity index (χ1) is 10.6. The summed E-state index contributed by atoms with van der Waals surface area (Å²) < 4.78 is 18.2. The zero-order valence-electron chi connectivity index (χ0n) is 12.0. The Kier molecular flexibility index (Phi) is 5.64. The molecule has 0 bridgehead atoms. The van der Waals surface area contributed by atoms with Crippen LogP contribution in [0.3, 0.4) is 0 Å². The quantitative estimate of drug-likeness (QED) is 0.819. The normalized spacial score (nSPS) is 10.3. The second kappa shape index (κ2) is 7.69. The van der Waals surface area contributed by atoms with Gasteiger partial charge in [-0.15, -0.1) is 0 Å². The molecule has 5 nitrogen and oxygen atoms in total. The van der Waals surface area contributed by atoms with E-state index in [2.05, 4.69) is 9.97 Å². The van der Waals surface area contributed by atoms with Crippen LogP contribution < -0.4 is 4.90 Å². The number of methoxy groups -OCH3 is 1. The topological polar surface area (TPSA) is 62.0 Å². The Bertz CT molecular complexity index is 672. The number of nitrogens with zero attached hydrogens (tertiary/aromatic N) is 4. The van der Waals surface area contributed by atoms with Crippen molar-refractivity contribution in [1.29, 1.82) is 5.26 Å². The SMILES string of the molecule is COCCN(Cc1ccc(F)cc1Cl)c1cnc(C#N)cn1. The zero-order chi connectivity index (χ0) is 15.9. The molecule has 1 heterocycles. The van der Waals surface area contributed by atoms with Gasteiger partial charge in [-0.05, 0) is 17.7 Å². The van der Waals surface area contributed by atoms with Gasteiger partial charge < -0.3 is 9.64 Å². The molecule has 7 heteroatoms. The molecule has 0 aliphatic heterocycles. The summed E-state index contributed by atoms with van der Waals surface area (Å²) in [4.78, 5) is 10.1. The van der Waals surface area contributed by atoms with Crippen LogP contribution in [0.2, 0.25) is 5.02 Å². The summed E-state index contributed by atoms with van der Waals surface area (Å²) in [6.45, 7) is 1.48. The van der Waals surface area contributed by atoms with Crippen LogP contribution in [0.5, 0.6) is 0 Å². The van der Waals surface area contributed by atoms with Gasteiger partial charge in [0.05, 0.1) is 19.0 Å². The second-order valence-corrected chi connectivity index (χ2v) is 4.93. The molecule has 0 spiro atoms. The smallest absolute Gasteiger partial charge is 0.158 e. The number of rotatable bonds is 6. The molecule has 0 atom stereocenters. The van der Waals surface area contributed by atoms with Crippen molar-refractivity contribution in [3.63, 3.8) is 0 Å². The Balaban J connectivity index is 2.23. The van der Waals surface area contributed by atoms with E-state index < -0.39 is 0 Å². The highest BCUT2D eigenvalue weighted by Crippen LogP contribution is 2.21. The third-order valence-electron chi connectivity index (χ3n) is 3.02. The van der Waals surface area contributed by atoms with E-state index in [1.165, 1.54) is 24.5 Å². The summed E-state index contributed by atoms with van der Waals surface area (Å²) in [7, 11) is 1.60. The molecular formula is C15H14ClFN4O. The molecule has 2 rings (SSSR count). The standard InChI is InChI=1S/C15H14ClFN4O/c1-22-5-4-21(15-9-19-13(7-18)8-20-15)10-11-2-3-12(17)6-14(11)16/h2-3,6,8-9H,4-5,10H2,1H3. The summed E-state index contributed by atoms with van der Waals surface area (Å²) in [5.74, 6) is 0.215. The molecule has 0 saturated carbocycles. The number of anilines is 1. The number of halogens is 2. The first kappa shape index (κ1) is 16.1. The lowest BCUT2D eigenvalue weighted by Crippen LogP contribution is -2.28. The molecule has 0 unspecified atom stereocenters. The van der Waals surface area contributed by atoms with Crippen LogP contribution in [0.1, 0.15) is 11.3 Å². The van der Waals surface area contributed by atoms with E-state index in [0.717, 1.165) is 5.56 Å². The summed E-state index contributed by atoms with van der Waals surface area (Å²) in [6.07, 6.45) is 2.92. The van der Waals surface area contributed by atoms with Crippen LogP contribution in [0.25, 0.3) is 0 Å². The number of benzene rings is 1. The Morgan fingerprint density at radius 2 is 2.18 bits per heavy atom. The van der Waals surface area contributed by atoms with Crippen LogP contribution in [0.4, 0.5) is 10.2 Å². The van der Waals surface area contributed by atoms with E-state index in [1.807, 2.05) is 11.0 Å². The van der Waals surface area contributed by atoms with Crippen molar-refractivity contribution in [2.75, 3.05) is 25.2 Å². The lowest BCUT2D eigenvalue weighted by Gasteiger charge is -2.23. The number of hydrogen-bond acceptors (Lipinski definition) is 5. The number of nitriles is 1. The second-order valence-electron chi connectivity index (χ2n) is 4.52. The zero-order valence-corrected chi connectivity index (χ0v) is 12.7. The van der Waals surface area contributed by atoms with Crippen LogP contribution >= 0.6 is 11.6 Å². The van der Waals surface area contributed by atoms with Gasteiger partial charge in [0.1, 0.15) is 17.7 Å². The van der Waals surface area contributed by atoms with Gasteiger partial charge in [-0.3, -0.25) is 0 Å². The fourth-order valence-corrected chi connectivity index (χ4v) is 2.10. The fourth-order valence-electron chi connectivity index (χ4n) is 1.87. The monoisotopic (exact) mass is 320 g/mol. The minimum atomic E-state index is -0.379. The van der Waals surface area contributed by atoms with Crippen molar-refractivity contribution in [3.05, 3.63) is 52.7 Å². The number of aromatic nitrogens is 2. The van der Waals surface area contributed by atoms with Crippen LogP contribution in [0, 0.1) is 17.1 Å². The van der Waals surface area contributed by atoms with Crippen molar-refractivity contribution >= 4 is 17.4 Å². The molecule has 0 aliphatic rings. The Labute approximate surface area is 132 Å². The maximum absolute atomic E-state index is 13.1. The molecule has 0 radical (unpaired) electrons. The summed E-state index contributed by atoms with van der Waals surface area (Å²) in [5, 5.41) is 9.12. The van der Waals surface area contributed by atoms with E-state index in [4.69, 9.17) is 21.6 Å². The lowest BCUT2D eigenvalue weighted by molar-refractivity contribution is 0.205. The summed E-state index contributed by atoms with van der Waals surface area (Å²) in [5.41, 5.74) is 1.01. The molecule has 22 heavy (non-hydrogen) atoms. The molecular weight excluding hydrogens is 307 g/mol. The van der Waals surface area contributed by atoms with E-state index >= 15 is 0 Å². The van der Waals surface area contributed by atoms with Crippen molar-refractivity contribution in [2.45, 2.75) is 6.54 Å². The van der Waals surface area contributed by atoms with Crippen molar-refractivity contribution < 1.29 is 9.13 Å². The summed E-state index contributed by atoms with van der Waals surface area (Å²) >= 11 is 6.07. The van der Waals surface area contributed by atoms with E-state index in [0.29, 0.717) is 30.5 Å². The third-order valence-corrected chi connectivity index (χ3v) is 3.37. The predicted molar refractivity (Wildman–Crippen MR) is 81.1 cm³/mol. The fraction of sp³-hybridized carbons (Fsp3) is 0.267. The average molecular weight is 321 g/mol. The number of hydrogen-bond donors (Lipinski definition) is 0. The first-order valence-corrected chi connectivity index (χ1v) is 6.92. The highest BCUT2D eigenvalue weighted by molar-refractivity contribution is 6.31. The van der Waals surface area contributed by atoms with Crippen molar-refractivity contribution in [1.82, 2.24) is 9.97 Å². The molecule has 0 N–H and O–H groups in total. The molecule has 1 aromatic carbocycles. The minimum absolute atomic E-state index is 0.246. The highest BCUT2D eigenvalue weighted by atomic mass is 35.5. The van der Waals surface area contributed by atoms with Crippen LogP contribution in [0.15, 0.2) is 30.6 Å². The Morgan fingerprint density at radius 3 is 2.77 bits per heavy atom. The van der Waals surface area contributed by atoms with Crippen LogP contribution in [-0.2, 0) is 11.3 Å². The molecule has 0 saturated heterocycles.